The van der Waals surface area contributed by atoms with Crippen molar-refractivity contribution in [2.24, 2.45) is 0 Å². The molecule has 1 saturated heterocycles. The molecular weight excluding hydrogens is 360 g/mol. The summed E-state index contributed by atoms with van der Waals surface area (Å²) >= 11 is 5.90. The molecule has 144 valence electrons. The lowest BCUT2D eigenvalue weighted by Gasteiger charge is -2.29. The van der Waals surface area contributed by atoms with Crippen molar-refractivity contribution in [3.8, 4) is 5.75 Å². The molecule has 0 spiro atoms. The van der Waals surface area contributed by atoms with E-state index >= 15 is 0 Å². The molecule has 0 aliphatic carbocycles. The largest absolute Gasteiger partial charge is 0.493 e. The van der Waals surface area contributed by atoms with Crippen molar-refractivity contribution >= 4 is 17.9 Å². The van der Waals surface area contributed by atoms with Crippen LogP contribution in [0.4, 0.5) is 0 Å². The molecule has 5 heteroatoms. The standard InChI is InChI=1S/C22H27ClN2O2/c23-21-8-9-22(20(16-21)18-26)27-15-5-4-10-24-11-13-25(14-12-24)17-19-6-2-1-3-7-19/h1-3,6-9,16,18H,4-5,10-15,17H2/p+2. The fourth-order valence-corrected chi connectivity index (χ4v) is 3.85. The Morgan fingerprint density at radius 3 is 2.44 bits per heavy atom. The van der Waals surface area contributed by atoms with Gasteiger partial charge in [0, 0.05) is 10.6 Å². The fourth-order valence-electron chi connectivity index (χ4n) is 3.67. The van der Waals surface area contributed by atoms with Crippen LogP contribution in [-0.2, 0) is 6.54 Å². The number of benzene rings is 2. The zero-order valence-corrected chi connectivity index (χ0v) is 16.5. The summed E-state index contributed by atoms with van der Waals surface area (Å²) in [4.78, 5) is 14.5. The Balaban J connectivity index is 1.30. The van der Waals surface area contributed by atoms with Crippen LogP contribution in [0.15, 0.2) is 48.5 Å². The molecule has 0 amide bonds. The average Bonchev–Trinajstić information content (AvgIpc) is 2.70. The van der Waals surface area contributed by atoms with Gasteiger partial charge < -0.3 is 14.5 Å². The molecule has 0 atom stereocenters. The summed E-state index contributed by atoms with van der Waals surface area (Å²) in [5.74, 6) is 0.625. The van der Waals surface area contributed by atoms with Gasteiger partial charge in [-0.3, -0.25) is 4.79 Å². The highest BCUT2D eigenvalue weighted by molar-refractivity contribution is 6.30. The van der Waals surface area contributed by atoms with Gasteiger partial charge in [0.2, 0.25) is 0 Å². The second kappa shape index (κ2) is 10.5. The minimum Gasteiger partial charge on any atom is -0.493 e. The minimum atomic E-state index is 0.519. The number of aldehydes is 1. The molecule has 1 aliphatic heterocycles. The third-order valence-electron chi connectivity index (χ3n) is 5.24. The van der Waals surface area contributed by atoms with Crippen LogP contribution in [0.3, 0.4) is 0 Å². The van der Waals surface area contributed by atoms with Crippen molar-refractivity contribution < 1.29 is 19.3 Å². The number of carbonyl (C=O) groups is 1. The first-order valence-corrected chi connectivity index (χ1v) is 10.2. The molecule has 0 bridgehead atoms. The summed E-state index contributed by atoms with van der Waals surface area (Å²) in [6.45, 7) is 7.96. The number of halogens is 1. The lowest BCUT2D eigenvalue weighted by molar-refractivity contribution is -1.02. The van der Waals surface area contributed by atoms with Crippen LogP contribution in [0.1, 0.15) is 28.8 Å². The van der Waals surface area contributed by atoms with E-state index in [-0.39, 0.29) is 0 Å². The van der Waals surface area contributed by atoms with E-state index in [0.29, 0.717) is 22.9 Å². The van der Waals surface area contributed by atoms with Gasteiger partial charge >= 0.3 is 0 Å². The van der Waals surface area contributed by atoms with E-state index in [1.54, 1.807) is 28.0 Å². The summed E-state index contributed by atoms with van der Waals surface area (Å²) in [5.41, 5.74) is 1.95. The first kappa shape index (κ1) is 19.9. The molecule has 2 aromatic rings. The van der Waals surface area contributed by atoms with E-state index in [2.05, 4.69) is 30.3 Å². The van der Waals surface area contributed by atoms with Crippen LogP contribution in [0.2, 0.25) is 5.02 Å². The summed E-state index contributed by atoms with van der Waals surface area (Å²) in [6, 6.07) is 16.0. The Morgan fingerprint density at radius 2 is 1.70 bits per heavy atom. The number of hydrogen-bond donors (Lipinski definition) is 2. The highest BCUT2D eigenvalue weighted by atomic mass is 35.5. The molecule has 0 saturated carbocycles. The number of unbranched alkanes of at least 4 members (excludes halogenated alkanes) is 1. The zero-order valence-electron chi connectivity index (χ0n) is 15.8. The van der Waals surface area contributed by atoms with Gasteiger partial charge in [0.25, 0.3) is 0 Å². The monoisotopic (exact) mass is 388 g/mol. The van der Waals surface area contributed by atoms with Crippen LogP contribution in [0.25, 0.3) is 0 Å². The molecule has 2 aromatic carbocycles. The van der Waals surface area contributed by atoms with Crippen molar-refractivity contribution in [3.63, 3.8) is 0 Å². The molecular formula is C22H29ClN2O2+2. The predicted octanol–water partition coefficient (Wildman–Crippen LogP) is 1.30. The van der Waals surface area contributed by atoms with Crippen molar-refractivity contribution in [2.75, 3.05) is 39.3 Å². The van der Waals surface area contributed by atoms with E-state index < -0.39 is 0 Å². The SMILES string of the molecule is O=Cc1cc(Cl)ccc1OCCCC[NH+]1CC[NH+](Cc2ccccc2)CC1. The summed E-state index contributed by atoms with van der Waals surface area (Å²) in [5, 5.41) is 0.557. The van der Waals surface area contributed by atoms with Gasteiger partial charge in [0.05, 0.1) is 18.7 Å². The average molecular weight is 389 g/mol. The van der Waals surface area contributed by atoms with Gasteiger partial charge in [0.1, 0.15) is 38.5 Å². The number of carbonyl (C=O) groups excluding carboxylic acids is 1. The Hall–Kier alpha value is -1.88. The summed E-state index contributed by atoms with van der Waals surface area (Å²) < 4.78 is 5.75. The third kappa shape index (κ3) is 6.35. The lowest BCUT2D eigenvalue weighted by Crippen LogP contribution is -3.27. The van der Waals surface area contributed by atoms with Crippen molar-refractivity contribution in [1.82, 2.24) is 0 Å². The van der Waals surface area contributed by atoms with E-state index in [9.17, 15) is 4.79 Å². The van der Waals surface area contributed by atoms with Crippen molar-refractivity contribution in [3.05, 3.63) is 64.7 Å². The molecule has 1 aliphatic rings. The predicted molar refractivity (Wildman–Crippen MR) is 108 cm³/mol. The normalized spacial score (nSPS) is 19.6. The Bertz CT molecular complexity index is 716. The smallest absolute Gasteiger partial charge is 0.153 e. The summed E-state index contributed by atoms with van der Waals surface area (Å²) in [7, 11) is 0. The topological polar surface area (TPSA) is 35.2 Å². The van der Waals surface area contributed by atoms with Gasteiger partial charge in [-0.25, -0.2) is 0 Å². The molecule has 0 aromatic heterocycles. The first-order valence-electron chi connectivity index (χ1n) is 9.83. The van der Waals surface area contributed by atoms with E-state index in [4.69, 9.17) is 16.3 Å². The van der Waals surface area contributed by atoms with E-state index in [1.165, 1.54) is 38.3 Å². The Morgan fingerprint density at radius 1 is 0.963 bits per heavy atom. The van der Waals surface area contributed by atoms with Crippen LogP contribution in [-0.4, -0.2) is 45.6 Å². The number of nitrogens with one attached hydrogen (secondary N) is 2. The number of hydrogen-bond acceptors (Lipinski definition) is 2. The van der Waals surface area contributed by atoms with Gasteiger partial charge in [0.15, 0.2) is 6.29 Å². The third-order valence-corrected chi connectivity index (χ3v) is 5.48. The molecule has 27 heavy (non-hydrogen) atoms. The second-order valence-electron chi connectivity index (χ2n) is 7.27. The molecule has 0 radical (unpaired) electrons. The van der Waals surface area contributed by atoms with Crippen LogP contribution in [0.5, 0.6) is 5.75 Å². The molecule has 0 unspecified atom stereocenters. The second-order valence-corrected chi connectivity index (χ2v) is 7.70. The lowest BCUT2D eigenvalue weighted by atomic mass is 10.2. The van der Waals surface area contributed by atoms with Gasteiger partial charge in [-0.2, -0.15) is 0 Å². The quantitative estimate of drug-likeness (QED) is 0.501. The van der Waals surface area contributed by atoms with Crippen LogP contribution < -0.4 is 14.5 Å². The maximum Gasteiger partial charge on any atom is 0.153 e. The number of rotatable bonds is 9. The zero-order chi connectivity index (χ0) is 18.9. The number of piperazine rings is 1. The number of ether oxygens (including phenoxy) is 1. The first-order chi connectivity index (χ1) is 13.2. The van der Waals surface area contributed by atoms with Crippen LogP contribution >= 0.6 is 11.6 Å². The molecule has 3 rings (SSSR count). The minimum absolute atomic E-state index is 0.519. The highest BCUT2D eigenvalue weighted by Crippen LogP contribution is 2.21. The molecule has 4 nitrogen and oxygen atoms in total. The van der Waals surface area contributed by atoms with Crippen molar-refractivity contribution in [2.45, 2.75) is 19.4 Å². The Labute approximate surface area is 166 Å². The number of quaternary nitrogens is 2. The summed E-state index contributed by atoms with van der Waals surface area (Å²) in [6.07, 6.45) is 2.95. The van der Waals surface area contributed by atoms with Gasteiger partial charge in [-0.05, 0) is 31.0 Å². The fraction of sp³-hybridized carbons (Fsp3) is 0.409. The molecule has 2 N–H and O–H groups in total. The van der Waals surface area contributed by atoms with E-state index in [0.717, 1.165) is 25.7 Å². The maximum atomic E-state index is 11.1. The van der Waals surface area contributed by atoms with Crippen LogP contribution in [0, 0.1) is 0 Å². The molecule has 1 fully saturated rings. The Kier molecular flexibility index (Phi) is 7.69. The van der Waals surface area contributed by atoms with Crippen molar-refractivity contribution in [1.29, 1.82) is 0 Å². The van der Waals surface area contributed by atoms with Gasteiger partial charge in [-0.1, -0.05) is 41.9 Å². The highest BCUT2D eigenvalue weighted by Gasteiger charge is 2.22. The van der Waals surface area contributed by atoms with Gasteiger partial charge in [-0.15, -0.1) is 0 Å². The van der Waals surface area contributed by atoms with E-state index in [1.807, 2.05) is 0 Å². The maximum absolute atomic E-state index is 11.1. The molecule has 1 heterocycles.